The number of carboxylic acid groups (broad SMARTS) is 4. The molecule has 0 radical (unpaired) electrons. The number of halogens is 3. The van der Waals surface area contributed by atoms with Crippen molar-refractivity contribution in [1.29, 1.82) is 0 Å². The summed E-state index contributed by atoms with van der Waals surface area (Å²) in [7, 11) is 1.47. The Bertz CT molecular complexity index is 1250. The smallest absolute Gasteiger partial charge is 0.496 e. The normalized spacial score (nSPS) is 17.8. The molecule has 3 rings (SSSR count). The van der Waals surface area contributed by atoms with Crippen LogP contribution in [-0.4, -0.2) is 82.1 Å². The predicted octanol–water partition coefficient (Wildman–Crippen LogP) is 2.82. The van der Waals surface area contributed by atoms with E-state index in [0.29, 0.717) is 48.7 Å². The Kier molecular flexibility index (Phi) is 16.4. The van der Waals surface area contributed by atoms with Crippen LogP contribution >= 0.6 is 0 Å². The van der Waals surface area contributed by atoms with Crippen LogP contribution in [0, 0.1) is 5.92 Å². The van der Waals surface area contributed by atoms with Gasteiger partial charge in [-0.15, -0.1) is 13.2 Å². The topological polar surface area (TPSA) is 212 Å². The number of methoxy groups -OCH3 is 1. The summed E-state index contributed by atoms with van der Waals surface area (Å²) in [4.78, 5) is 38.2. The molecule has 2 aromatic carbocycles. The lowest BCUT2D eigenvalue weighted by atomic mass is 9.86. The number of carboxylic acids is 4. The van der Waals surface area contributed by atoms with Crippen molar-refractivity contribution in [3.8, 4) is 11.5 Å². The molecule has 246 valence electrons. The number of hydrogen-bond donors (Lipinski definition) is 7. The fraction of sp³-hybridized carbons (Fsp3) is 0.310. The second-order valence-electron chi connectivity index (χ2n) is 9.11. The molecule has 0 aromatic heterocycles. The van der Waals surface area contributed by atoms with Crippen molar-refractivity contribution in [3.63, 3.8) is 0 Å². The van der Waals surface area contributed by atoms with Crippen LogP contribution in [0.5, 0.6) is 11.5 Å². The Hall–Kier alpha value is -4.93. The SMILES string of the molecule is COc1ccc(OC(F)(F)F)cc1CN[C@H]1C[C@@H](CO)CN[C@H]1c1ccccc1.O=C(O)/C=C/C(=O)O.O=C(O)/C=C/C(=O)O. The van der Waals surface area contributed by atoms with E-state index in [4.69, 9.17) is 25.2 Å². The second-order valence-corrected chi connectivity index (χ2v) is 9.11. The van der Waals surface area contributed by atoms with Gasteiger partial charge in [0.25, 0.3) is 0 Å². The number of benzene rings is 2. The molecule has 45 heavy (non-hydrogen) atoms. The van der Waals surface area contributed by atoms with Gasteiger partial charge in [0.1, 0.15) is 11.5 Å². The predicted molar refractivity (Wildman–Crippen MR) is 152 cm³/mol. The Labute approximate surface area is 255 Å². The van der Waals surface area contributed by atoms with Gasteiger partial charge in [-0.25, -0.2) is 19.2 Å². The summed E-state index contributed by atoms with van der Waals surface area (Å²) >= 11 is 0. The summed E-state index contributed by atoms with van der Waals surface area (Å²) in [5.74, 6) is -4.73. The Morgan fingerprint density at radius 1 is 0.911 bits per heavy atom. The maximum Gasteiger partial charge on any atom is 0.573 e. The summed E-state index contributed by atoms with van der Waals surface area (Å²) in [5.41, 5.74) is 1.68. The third-order valence-corrected chi connectivity index (χ3v) is 5.81. The van der Waals surface area contributed by atoms with Gasteiger partial charge in [-0.2, -0.15) is 0 Å². The minimum absolute atomic E-state index is 0.0137. The fourth-order valence-electron chi connectivity index (χ4n) is 3.98. The van der Waals surface area contributed by atoms with Gasteiger partial charge in [-0.05, 0) is 36.1 Å². The van der Waals surface area contributed by atoms with Crippen LogP contribution < -0.4 is 20.1 Å². The molecule has 1 fully saturated rings. The van der Waals surface area contributed by atoms with Crippen LogP contribution in [0.3, 0.4) is 0 Å². The average molecular weight is 643 g/mol. The van der Waals surface area contributed by atoms with Gasteiger partial charge < -0.3 is 45.6 Å². The Balaban J connectivity index is 0.000000521. The number of alkyl halides is 3. The summed E-state index contributed by atoms with van der Waals surface area (Å²) in [6.45, 7) is 1.07. The molecule has 2 aromatic rings. The maximum absolute atomic E-state index is 12.6. The van der Waals surface area contributed by atoms with Crippen LogP contribution in [0.15, 0.2) is 72.8 Å². The zero-order valence-electron chi connectivity index (χ0n) is 23.8. The van der Waals surface area contributed by atoms with Gasteiger partial charge in [0, 0.05) is 61.6 Å². The zero-order chi connectivity index (χ0) is 34.0. The number of carbonyl (C=O) groups is 4. The Morgan fingerprint density at radius 2 is 1.44 bits per heavy atom. The van der Waals surface area contributed by atoms with Crippen LogP contribution in [0.25, 0.3) is 0 Å². The summed E-state index contributed by atoms with van der Waals surface area (Å²) in [6.07, 6.45) is -1.78. The second kappa shape index (κ2) is 19.4. The molecule has 16 heteroatoms. The maximum atomic E-state index is 12.6. The number of aliphatic carboxylic acids is 4. The van der Waals surface area contributed by atoms with Gasteiger partial charge in [0.15, 0.2) is 0 Å². The molecule has 0 amide bonds. The minimum Gasteiger partial charge on any atom is -0.496 e. The monoisotopic (exact) mass is 642 g/mol. The standard InChI is InChI=1S/C21H25F3N2O3.2C4H4O4/c1-28-19-8-7-17(29-21(22,23)24)10-16(19)12-25-18-9-14(13-27)11-26-20(18)15-5-3-2-4-6-15;2*5-3(6)1-2-4(7)8/h2-8,10,14,18,20,25-27H,9,11-13H2,1H3;2*1-2H,(H,5,6)(H,7,8)/b;2*2-1+/t14-,18+,20+;;/m1../s1. The van der Waals surface area contributed by atoms with Crippen LogP contribution in [0.2, 0.25) is 0 Å². The van der Waals surface area contributed by atoms with Crippen LogP contribution in [0.1, 0.15) is 23.6 Å². The highest BCUT2D eigenvalue weighted by Gasteiger charge is 2.32. The molecular formula is C29H33F3N2O11. The molecule has 0 saturated carbocycles. The fourth-order valence-corrected chi connectivity index (χ4v) is 3.98. The molecule has 0 bridgehead atoms. The van der Waals surface area contributed by atoms with Crippen molar-refractivity contribution in [2.24, 2.45) is 5.92 Å². The number of rotatable bonds is 11. The van der Waals surface area contributed by atoms with Gasteiger partial charge in [-0.1, -0.05) is 30.3 Å². The van der Waals surface area contributed by atoms with Gasteiger partial charge in [0.2, 0.25) is 0 Å². The minimum atomic E-state index is -4.75. The van der Waals surface area contributed by atoms with Crippen molar-refractivity contribution >= 4 is 23.9 Å². The van der Waals surface area contributed by atoms with Crippen molar-refractivity contribution in [2.45, 2.75) is 31.4 Å². The van der Waals surface area contributed by atoms with E-state index in [1.807, 2.05) is 30.3 Å². The molecule has 1 aliphatic heterocycles. The third-order valence-electron chi connectivity index (χ3n) is 5.81. The van der Waals surface area contributed by atoms with Crippen molar-refractivity contribution in [3.05, 3.63) is 84.0 Å². The van der Waals surface area contributed by atoms with Crippen LogP contribution in [0.4, 0.5) is 13.2 Å². The largest absolute Gasteiger partial charge is 0.573 e. The van der Waals surface area contributed by atoms with E-state index in [1.54, 1.807) is 0 Å². The van der Waals surface area contributed by atoms with Gasteiger partial charge >= 0.3 is 30.2 Å². The quantitative estimate of drug-likeness (QED) is 0.176. The molecule has 3 atom stereocenters. The number of aliphatic hydroxyl groups is 1. The lowest BCUT2D eigenvalue weighted by molar-refractivity contribution is -0.274. The highest BCUT2D eigenvalue weighted by atomic mass is 19.4. The van der Waals surface area contributed by atoms with Crippen molar-refractivity contribution < 1.29 is 67.4 Å². The first kappa shape index (κ1) is 38.1. The summed E-state index contributed by atoms with van der Waals surface area (Å²) in [6, 6.07) is 14.0. The lowest BCUT2D eigenvalue weighted by Crippen LogP contribution is -2.49. The van der Waals surface area contributed by atoms with E-state index in [1.165, 1.54) is 25.3 Å². The molecule has 0 spiro atoms. The highest BCUT2D eigenvalue weighted by Crippen LogP contribution is 2.30. The molecule has 13 nitrogen and oxygen atoms in total. The molecule has 7 N–H and O–H groups in total. The van der Waals surface area contributed by atoms with Crippen molar-refractivity contribution in [1.82, 2.24) is 10.6 Å². The molecule has 1 heterocycles. The first-order valence-corrected chi connectivity index (χ1v) is 13.0. The number of hydrogen-bond acceptors (Lipinski definition) is 9. The zero-order valence-corrected chi connectivity index (χ0v) is 23.8. The van der Waals surface area contributed by atoms with E-state index in [-0.39, 0.29) is 30.4 Å². The molecule has 0 unspecified atom stereocenters. The summed E-state index contributed by atoms with van der Waals surface area (Å²) < 4.78 is 47.0. The molecule has 0 aliphatic carbocycles. The molecular weight excluding hydrogens is 609 g/mol. The number of piperidine rings is 1. The van der Waals surface area contributed by atoms with E-state index in [9.17, 15) is 37.5 Å². The van der Waals surface area contributed by atoms with Crippen molar-refractivity contribution in [2.75, 3.05) is 20.3 Å². The third kappa shape index (κ3) is 16.5. The highest BCUT2D eigenvalue weighted by molar-refractivity contribution is 5.90. The average Bonchev–Trinajstić information content (AvgIpc) is 2.98. The Morgan fingerprint density at radius 3 is 1.89 bits per heavy atom. The summed E-state index contributed by atoms with van der Waals surface area (Å²) in [5, 5.41) is 47.7. The first-order chi connectivity index (χ1) is 21.1. The molecule has 1 saturated heterocycles. The van der Waals surface area contributed by atoms with E-state index in [2.05, 4.69) is 15.4 Å². The van der Waals surface area contributed by atoms with Crippen LogP contribution in [-0.2, 0) is 25.7 Å². The number of ether oxygens (including phenoxy) is 2. The van der Waals surface area contributed by atoms with Gasteiger partial charge in [0.05, 0.1) is 7.11 Å². The number of aliphatic hydroxyl groups excluding tert-OH is 1. The van der Waals surface area contributed by atoms with E-state index >= 15 is 0 Å². The van der Waals surface area contributed by atoms with Gasteiger partial charge in [-0.3, -0.25) is 0 Å². The van der Waals surface area contributed by atoms with E-state index in [0.717, 1.165) is 12.0 Å². The first-order valence-electron chi connectivity index (χ1n) is 13.0. The molecule has 1 aliphatic rings. The number of nitrogens with one attached hydrogen (secondary N) is 2. The van der Waals surface area contributed by atoms with E-state index < -0.39 is 30.2 Å². The lowest BCUT2D eigenvalue weighted by Gasteiger charge is -2.37.